The molecule has 1 aliphatic rings. The number of anilines is 2. The van der Waals surface area contributed by atoms with E-state index in [9.17, 15) is 23.1 Å². The van der Waals surface area contributed by atoms with Crippen LogP contribution in [0.2, 0.25) is 0 Å². The van der Waals surface area contributed by atoms with E-state index in [1.54, 1.807) is 23.3 Å². The Hall–Kier alpha value is -5.04. The van der Waals surface area contributed by atoms with Crippen LogP contribution in [-0.2, 0) is 16.7 Å². The normalized spacial score (nSPS) is 13.3. The fourth-order valence-electron chi connectivity index (χ4n) is 4.05. The van der Waals surface area contributed by atoms with Gasteiger partial charge in [0.05, 0.1) is 25.0 Å². The van der Waals surface area contributed by atoms with Crippen LogP contribution in [0.3, 0.4) is 0 Å². The number of methoxy groups -OCH3 is 1. The largest absolute Gasteiger partial charge is 0.494 e. The predicted octanol–water partition coefficient (Wildman–Crippen LogP) is 2.24. The minimum atomic E-state index is -4.21. The van der Waals surface area contributed by atoms with E-state index in [0.717, 1.165) is 5.56 Å². The van der Waals surface area contributed by atoms with Crippen molar-refractivity contribution in [3.63, 3.8) is 0 Å². The monoisotopic (exact) mass is 670 g/mol. The number of hydrazone groups is 1. The number of aromatic nitrogens is 1. The van der Waals surface area contributed by atoms with E-state index in [0.29, 0.717) is 34.1 Å². The van der Waals surface area contributed by atoms with Crippen LogP contribution < -0.4 is 35.8 Å². The number of carboxylic acids is 1. The summed E-state index contributed by atoms with van der Waals surface area (Å²) in [7, 11) is -0.241. The number of rotatable bonds is 12. The van der Waals surface area contributed by atoms with Crippen molar-refractivity contribution in [2.75, 3.05) is 29.6 Å². The lowest BCUT2D eigenvalue weighted by Crippen LogP contribution is -2.47. The number of nitrogens with zero attached hydrogens (tertiary/aromatic N) is 5. The fourth-order valence-corrected chi connectivity index (χ4v) is 5.99. The summed E-state index contributed by atoms with van der Waals surface area (Å²) in [5.74, 6) is -1.23. The molecule has 3 aromatic carbocycles. The molecule has 1 aliphatic heterocycles. The first kappa shape index (κ1) is 31.4. The standard InChI is InChI=1S/C27H26N8O7S3/c1-42-22-15-20(27(37)38)11-12-21(22)34-31-23(18-7-9-19(10-8-18)25(36)28-13-14-45(39,40)41)32-35(34)24-26(43-44-33-24)30-29-16-17-5-3-2-4-6-17/h2-12,15,29H,13-14,16H2,1H3,(H,28,36)(H,31,32)(H,37,38)(H,39,40,41). The third-order valence-corrected chi connectivity index (χ3v) is 8.64. The van der Waals surface area contributed by atoms with Crippen LogP contribution in [0.15, 0.2) is 83.0 Å². The lowest BCUT2D eigenvalue weighted by molar-refractivity contribution is 0.0696. The van der Waals surface area contributed by atoms with E-state index in [2.05, 4.69) is 25.6 Å². The molecule has 1 amide bonds. The number of hydrazine groups is 2. The summed E-state index contributed by atoms with van der Waals surface area (Å²) in [6, 6.07) is 20.5. The maximum atomic E-state index is 12.4. The van der Waals surface area contributed by atoms with Crippen LogP contribution in [0.5, 0.6) is 5.75 Å². The lowest BCUT2D eigenvalue weighted by atomic mass is 10.1. The predicted molar refractivity (Wildman–Crippen MR) is 169 cm³/mol. The number of benzene rings is 3. The number of carbonyl (C=O) groups is 2. The van der Waals surface area contributed by atoms with Gasteiger partial charge < -0.3 is 20.6 Å². The number of hydrogen-bond acceptors (Lipinski definition) is 14. The summed E-state index contributed by atoms with van der Waals surface area (Å²) in [5, 5.41) is 24.2. The Kier molecular flexibility index (Phi) is 9.57. The molecule has 1 aromatic heterocycles. The zero-order chi connectivity index (χ0) is 32.0. The summed E-state index contributed by atoms with van der Waals surface area (Å²) < 4.78 is 41.3. The zero-order valence-corrected chi connectivity index (χ0v) is 25.9. The van der Waals surface area contributed by atoms with Gasteiger partial charge in [-0.3, -0.25) is 14.8 Å². The Labute approximate surface area is 264 Å². The van der Waals surface area contributed by atoms with E-state index < -0.39 is 27.7 Å². The van der Waals surface area contributed by atoms with Gasteiger partial charge in [-0.2, -0.15) is 17.9 Å². The first-order valence-electron chi connectivity index (χ1n) is 13.1. The molecule has 4 aromatic rings. The number of amides is 1. The molecule has 45 heavy (non-hydrogen) atoms. The molecular formula is C27H26N8O7S3. The van der Waals surface area contributed by atoms with Crippen molar-refractivity contribution < 1.29 is 32.4 Å². The van der Waals surface area contributed by atoms with Crippen molar-refractivity contribution in [3.8, 4) is 5.75 Å². The molecule has 234 valence electrons. The summed E-state index contributed by atoms with van der Waals surface area (Å²) in [6.07, 6.45) is 0. The number of nitrogens with one attached hydrogen (secondary N) is 3. The van der Waals surface area contributed by atoms with E-state index in [1.165, 1.54) is 57.4 Å². The second-order valence-electron chi connectivity index (χ2n) is 9.28. The van der Waals surface area contributed by atoms with Crippen LogP contribution in [0, 0.1) is 0 Å². The van der Waals surface area contributed by atoms with Crippen LogP contribution >= 0.6 is 20.9 Å². The van der Waals surface area contributed by atoms with Crippen LogP contribution in [0.1, 0.15) is 31.8 Å². The SMILES string of the molecule is COc1cc(C(=O)O)ccc1N1N=C(c2ccc(C(=O)NCCS(=O)(=O)O)cc2)NN1c1nssc1=NNCc1ccccc1. The van der Waals surface area contributed by atoms with Gasteiger partial charge in [0.15, 0.2) is 10.5 Å². The molecule has 0 spiro atoms. The highest BCUT2D eigenvalue weighted by molar-refractivity contribution is 7.85. The Morgan fingerprint density at radius 3 is 2.49 bits per heavy atom. The molecule has 0 atom stereocenters. The van der Waals surface area contributed by atoms with Crippen molar-refractivity contribution in [1.82, 2.24) is 20.5 Å². The van der Waals surface area contributed by atoms with Gasteiger partial charge in [-0.25, -0.2) is 4.79 Å². The third-order valence-electron chi connectivity index (χ3n) is 6.24. The van der Waals surface area contributed by atoms with Crippen molar-refractivity contribution in [2.45, 2.75) is 6.54 Å². The Balaban J connectivity index is 1.45. The topological polar surface area (TPSA) is 198 Å². The molecule has 0 radical (unpaired) electrons. The second-order valence-corrected chi connectivity index (χ2v) is 12.7. The van der Waals surface area contributed by atoms with Crippen LogP contribution in [-0.4, -0.2) is 59.6 Å². The van der Waals surface area contributed by atoms with Gasteiger partial charge in [0.1, 0.15) is 11.4 Å². The third kappa shape index (κ3) is 7.73. The maximum Gasteiger partial charge on any atom is 0.335 e. The van der Waals surface area contributed by atoms with Crippen LogP contribution in [0.25, 0.3) is 0 Å². The number of hydrogen-bond donors (Lipinski definition) is 5. The Morgan fingerprint density at radius 2 is 1.80 bits per heavy atom. The van der Waals surface area contributed by atoms with E-state index in [-0.39, 0.29) is 23.4 Å². The van der Waals surface area contributed by atoms with Gasteiger partial charge in [-0.05, 0) is 46.2 Å². The molecule has 0 saturated carbocycles. The van der Waals surface area contributed by atoms with E-state index in [1.807, 2.05) is 30.3 Å². The highest BCUT2D eigenvalue weighted by Gasteiger charge is 2.32. The second kappa shape index (κ2) is 13.7. The fraction of sp³-hybridized carbons (Fsp3) is 0.148. The van der Waals surface area contributed by atoms with Gasteiger partial charge >= 0.3 is 5.97 Å². The molecule has 15 nitrogen and oxygen atoms in total. The van der Waals surface area contributed by atoms with E-state index >= 15 is 0 Å². The summed E-state index contributed by atoms with van der Waals surface area (Å²) >= 11 is 0. The molecule has 18 heteroatoms. The minimum Gasteiger partial charge on any atom is -0.494 e. The molecule has 0 bridgehead atoms. The van der Waals surface area contributed by atoms with Gasteiger partial charge in [0.25, 0.3) is 16.0 Å². The molecule has 0 aliphatic carbocycles. The van der Waals surface area contributed by atoms with Crippen molar-refractivity contribution in [3.05, 3.63) is 99.7 Å². The average Bonchev–Trinajstić information content (AvgIpc) is 3.68. The number of carbonyl (C=O) groups excluding carboxylic acids is 1. The summed E-state index contributed by atoms with van der Waals surface area (Å²) in [4.78, 5) is 24.0. The highest BCUT2D eigenvalue weighted by atomic mass is 32.9. The lowest BCUT2D eigenvalue weighted by Gasteiger charge is -2.26. The highest BCUT2D eigenvalue weighted by Crippen LogP contribution is 2.33. The molecular weight excluding hydrogens is 645 g/mol. The average molecular weight is 671 g/mol. The summed E-state index contributed by atoms with van der Waals surface area (Å²) in [5.41, 5.74) is 8.58. The number of carboxylic acid groups (broad SMARTS) is 1. The number of ether oxygens (including phenoxy) is 1. The molecule has 0 fully saturated rings. The smallest absolute Gasteiger partial charge is 0.335 e. The first-order valence-corrected chi connectivity index (χ1v) is 16.8. The van der Waals surface area contributed by atoms with E-state index in [4.69, 9.17) is 14.4 Å². The number of amidine groups is 1. The molecule has 0 unspecified atom stereocenters. The van der Waals surface area contributed by atoms with Crippen LogP contribution in [0.4, 0.5) is 11.5 Å². The Bertz CT molecular complexity index is 1900. The van der Waals surface area contributed by atoms with Gasteiger partial charge in [-0.1, -0.05) is 42.5 Å². The van der Waals surface area contributed by atoms with Gasteiger partial charge in [0.2, 0.25) is 5.82 Å². The summed E-state index contributed by atoms with van der Waals surface area (Å²) in [6.45, 7) is 0.240. The molecule has 5 rings (SSSR count). The zero-order valence-electron chi connectivity index (χ0n) is 23.4. The molecule has 2 heterocycles. The molecule has 0 saturated heterocycles. The van der Waals surface area contributed by atoms with Crippen molar-refractivity contribution >= 4 is 60.2 Å². The van der Waals surface area contributed by atoms with Crippen molar-refractivity contribution in [2.24, 2.45) is 10.2 Å². The number of aromatic carboxylic acids is 1. The van der Waals surface area contributed by atoms with Gasteiger partial charge in [-0.15, -0.1) is 15.3 Å². The van der Waals surface area contributed by atoms with Gasteiger partial charge in [0, 0.05) is 28.2 Å². The minimum absolute atomic E-state index is 0.0284. The van der Waals surface area contributed by atoms with Crippen molar-refractivity contribution in [1.29, 1.82) is 0 Å². The Morgan fingerprint density at radius 1 is 1.07 bits per heavy atom. The maximum absolute atomic E-state index is 12.4. The first-order chi connectivity index (χ1) is 21.6. The quantitative estimate of drug-likeness (QED) is 0.0839. The molecule has 5 N–H and O–H groups in total.